The summed E-state index contributed by atoms with van der Waals surface area (Å²) in [5.41, 5.74) is 4.36. The van der Waals surface area contributed by atoms with Crippen molar-refractivity contribution in [2.45, 2.75) is 52.4 Å². The Kier molecular flexibility index (Phi) is 8.41. The van der Waals surface area contributed by atoms with Crippen LogP contribution in [0.1, 0.15) is 57.8 Å². The number of likely N-dealkylation sites (tertiary alicyclic amines) is 1. The molecule has 0 spiro atoms. The molecule has 9 nitrogen and oxygen atoms in total. The third kappa shape index (κ3) is 6.07. The molecule has 1 fully saturated rings. The van der Waals surface area contributed by atoms with Gasteiger partial charge < -0.3 is 4.90 Å². The number of carbonyl (C=O) groups is 3. The predicted molar refractivity (Wildman–Crippen MR) is 121 cm³/mol. The first-order valence-electron chi connectivity index (χ1n) is 10.9. The van der Waals surface area contributed by atoms with Gasteiger partial charge >= 0.3 is 0 Å². The van der Waals surface area contributed by atoms with Crippen LogP contribution in [0.4, 0.5) is 0 Å². The summed E-state index contributed by atoms with van der Waals surface area (Å²) >= 11 is 0. The number of nitrogens with zero attached hydrogens (tertiary/aromatic N) is 2. The summed E-state index contributed by atoms with van der Waals surface area (Å²) in [6.45, 7) is 10.6. The van der Waals surface area contributed by atoms with Crippen LogP contribution in [-0.2, 0) is 19.6 Å². The second kappa shape index (κ2) is 10.4. The molecular formula is C22H34N4O5S. The minimum Gasteiger partial charge on any atom is -0.341 e. The van der Waals surface area contributed by atoms with Gasteiger partial charge in [0.1, 0.15) is 0 Å². The molecule has 1 saturated heterocycles. The van der Waals surface area contributed by atoms with Gasteiger partial charge in [0.25, 0.3) is 5.91 Å². The lowest BCUT2D eigenvalue weighted by molar-refractivity contribution is -0.143. The number of nitrogens with one attached hydrogen (secondary N) is 2. The zero-order valence-electron chi connectivity index (χ0n) is 19.5. The molecule has 2 N–H and O–H groups in total. The zero-order valence-corrected chi connectivity index (χ0v) is 20.3. The summed E-state index contributed by atoms with van der Waals surface area (Å²) in [6, 6.07) is 5.70. The first kappa shape index (κ1) is 25.8. The van der Waals surface area contributed by atoms with Crippen LogP contribution in [0.25, 0.3) is 0 Å². The first-order chi connectivity index (χ1) is 14.9. The van der Waals surface area contributed by atoms with E-state index in [1.807, 2.05) is 20.8 Å². The molecule has 0 saturated carbocycles. The van der Waals surface area contributed by atoms with Crippen LogP contribution in [0.2, 0.25) is 0 Å². The van der Waals surface area contributed by atoms with Crippen LogP contribution < -0.4 is 10.9 Å². The molecule has 2 rings (SSSR count). The number of benzene rings is 1. The van der Waals surface area contributed by atoms with Crippen molar-refractivity contribution in [1.29, 1.82) is 0 Å². The smallest absolute Gasteiger partial charge is 0.269 e. The topological polar surface area (TPSA) is 116 Å². The lowest BCUT2D eigenvalue weighted by Gasteiger charge is -2.35. The van der Waals surface area contributed by atoms with Gasteiger partial charge in [-0.25, -0.2) is 8.42 Å². The van der Waals surface area contributed by atoms with Crippen molar-refractivity contribution < 1.29 is 22.8 Å². The number of hydrogen-bond acceptors (Lipinski definition) is 5. The van der Waals surface area contributed by atoms with Crippen molar-refractivity contribution in [3.8, 4) is 0 Å². The number of sulfonamides is 1. The molecule has 0 radical (unpaired) electrons. The number of hydrazine groups is 1. The highest BCUT2D eigenvalue weighted by atomic mass is 32.2. The van der Waals surface area contributed by atoms with E-state index in [-0.39, 0.29) is 22.3 Å². The lowest BCUT2D eigenvalue weighted by Crippen LogP contribution is -2.51. The van der Waals surface area contributed by atoms with Crippen LogP contribution in [-0.4, -0.2) is 61.5 Å². The minimum atomic E-state index is -3.70. The lowest BCUT2D eigenvalue weighted by atomic mass is 9.91. The van der Waals surface area contributed by atoms with Gasteiger partial charge in [-0.15, -0.1) is 0 Å². The summed E-state index contributed by atoms with van der Waals surface area (Å²) in [6.07, 6.45) is 1.33. The van der Waals surface area contributed by atoms with Gasteiger partial charge in [0, 0.05) is 37.2 Å². The maximum atomic E-state index is 12.7. The number of rotatable bonds is 6. The summed E-state index contributed by atoms with van der Waals surface area (Å²) in [7, 11) is -3.70. The largest absolute Gasteiger partial charge is 0.341 e. The van der Waals surface area contributed by atoms with E-state index >= 15 is 0 Å². The predicted octanol–water partition coefficient (Wildman–Crippen LogP) is 1.76. The number of piperidine rings is 1. The van der Waals surface area contributed by atoms with Gasteiger partial charge in [-0.2, -0.15) is 4.31 Å². The highest BCUT2D eigenvalue weighted by Gasteiger charge is 2.33. The van der Waals surface area contributed by atoms with Crippen molar-refractivity contribution in [3.63, 3.8) is 0 Å². The van der Waals surface area contributed by atoms with E-state index in [2.05, 4.69) is 10.9 Å². The third-order valence-corrected chi connectivity index (χ3v) is 7.51. The highest BCUT2D eigenvalue weighted by molar-refractivity contribution is 7.89. The van der Waals surface area contributed by atoms with Gasteiger partial charge in [0.15, 0.2) is 0 Å². The summed E-state index contributed by atoms with van der Waals surface area (Å²) < 4.78 is 26.7. The standard InChI is InChI=1S/C22H34N4O5S/c1-6-26(7-2)32(30,31)18-12-8-10-16(14-18)19(27)23-24-20(28)17-11-9-13-25(15-17)21(29)22(3,4)5/h8,10,12,14,17H,6-7,9,11,13,15H2,1-5H3,(H,23,27)(H,24,28). The maximum absolute atomic E-state index is 12.7. The fourth-order valence-electron chi connectivity index (χ4n) is 3.65. The van der Waals surface area contributed by atoms with Gasteiger partial charge in [0.05, 0.1) is 10.8 Å². The van der Waals surface area contributed by atoms with Crippen LogP contribution in [0.15, 0.2) is 29.2 Å². The Balaban J connectivity index is 2.02. The van der Waals surface area contributed by atoms with Crippen LogP contribution in [0.3, 0.4) is 0 Å². The molecule has 1 aromatic rings. The molecule has 1 aromatic carbocycles. The van der Waals surface area contributed by atoms with Gasteiger partial charge in [-0.05, 0) is 31.0 Å². The second-order valence-corrected chi connectivity index (χ2v) is 10.8. The van der Waals surface area contributed by atoms with Gasteiger partial charge in [-0.1, -0.05) is 40.7 Å². The molecule has 1 heterocycles. The monoisotopic (exact) mass is 466 g/mol. The average Bonchev–Trinajstić information content (AvgIpc) is 2.76. The average molecular weight is 467 g/mol. The molecule has 3 amide bonds. The number of carbonyl (C=O) groups excluding carboxylic acids is 3. The molecule has 0 aromatic heterocycles. The van der Waals surface area contributed by atoms with Gasteiger partial charge in [-0.3, -0.25) is 25.2 Å². The minimum absolute atomic E-state index is 0.00902. The summed E-state index contributed by atoms with van der Waals surface area (Å²) in [4.78, 5) is 39.3. The van der Waals surface area contributed by atoms with Crippen molar-refractivity contribution in [1.82, 2.24) is 20.1 Å². The van der Waals surface area contributed by atoms with Gasteiger partial charge in [0.2, 0.25) is 21.8 Å². The maximum Gasteiger partial charge on any atom is 0.269 e. The molecule has 1 unspecified atom stereocenters. The van der Waals surface area contributed by atoms with Crippen molar-refractivity contribution in [2.75, 3.05) is 26.2 Å². The van der Waals surface area contributed by atoms with E-state index in [1.165, 1.54) is 28.6 Å². The van der Waals surface area contributed by atoms with Crippen molar-refractivity contribution in [3.05, 3.63) is 29.8 Å². The Labute approximate surface area is 190 Å². The highest BCUT2D eigenvalue weighted by Crippen LogP contribution is 2.23. The van der Waals surface area contributed by atoms with Crippen LogP contribution in [0, 0.1) is 11.3 Å². The van der Waals surface area contributed by atoms with E-state index in [9.17, 15) is 22.8 Å². The molecule has 0 bridgehead atoms. The molecule has 1 atom stereocenters. The SMILES string of the molecule is CCN(CC)S(=O)(=O)c1cccc(C(=O)NNC(=O)C2CCCN(C(=O)C(C)(C)C)C2)c1. The molecule has 10 heteroatoms. The van der Waals surface area contributed by atoms with E-state index < -0.39 is 27.3 Å². The summed E-state index contributed by atoms with van der Waals surface area (Å²) in [5.74, 6) is -1.43. The fraction of sp³-hybridized carbons (Fsp3) is 0.591. The molecular weight excluding hydrogens is 432 g/mol. The number of amides is 3. The quantitative estimate of drug-likeness (QED) is 0.620. The Bertz CT molecular complexity index is 951. The number of hydrogen-bond donors (Lipinski definition) is 2. The first-order valence-corrected chi connectivity index (χ1v) is 12.4. The molecule has 32 heavy (non-hydrogen) atoms. The van der Waals surface area contributed by atoms with Crippen molar-refractivity contribution in [2.24, 2.45) is 11.3 Å². The Morgan fingerprint density at radius 3 is 2.38 bits per heavy atom. The molecule has 1 aliphatic rings. The Morgan fingerprint density at radius 2 is 1.78 bits per heavy atom. The fourth-order valence-corrected chi connectivity index (χ4v) is 5.16. The summed E-state index contributed by atoms with van der Waals surface area (Å²) in [5, 5.41) is 0. The van der Waals surface area contributed by atoms with Crippen molar-refractivity contribution >= 4 is 27.7 Å². The third-order valence-electron chi connectivity index (χ3n) is 5.46. The Hall–Kier alpha value is -2.46. The second-order valence-electron chi connectivity index (χ2n) is 8.90. The van der Waals surface area contributed by atoms with Crippen LogP contribution in [0.5, 0.6) is 0 Å². The van der Waals surface area contributed by atoms with E-state index in [1.54, 1.807) is 18.7 Å². The zero-order chi connectivity index (χ0) is 24.1. The molecule has 1 aliphatic heterocycles. The molecule has 0 aliphatic carbocycles. The van der Waals surface area contributed by atoms with E-state index in [0.29, 0.717) is 39.0 Å². The molecule has 178 valence electrons. The van der Waals surface area contributed by atoms with E-state index in [4.69, 9.17) is 0 Å². The van der Waals surface area contributed by atoms with Crippen LogP contribution >= 0.6 is 0 Å². The Morgan fingerprint density at radius 1 is 1.12 bits per heavy atom. The van der Waals surface area contributed by atoms with E-state index in [0.717, 1.165) is 0 Å². The normalized spacial score (nSPS) is 17.2.